The van der Waals surface area contributed by atoms with E-state index < -0.39 is 14.8 Å². The largest absolute Gasteiger partial charge is 0.493 e. The summed E-state index contributed by atoms with van der Waals surface area (Å²) in [4.78, 5) is 9.97. The molecule has 0 aliphatic heterocycles. The second kappa shape index (κ2) is 8.13. The molecule has 0 spiro atoms. The minimum atomic E-state index is -3.76. The molecule has 0 N–H and O–H groups in total. The fourth-order valence-corrected chi connectivity index (χ4v) is 3.03. The molecule has 9 heteroatoms. The zero-order chi connectivity index (χ0) is 19.2. The smallest absolute Gasteiger partial charge is 0.269 e. The van der Waals surface area contributed by atoms with E-state index in [0.717, 1.165) is 17.5 Å². The summed E-state index contributed by atoms with van der Waals surface area (Å²) in [5, 5.41) is 20.2. The topological polar surface area (TPSA) is 120 Å². The Kier molecular flexibility index (Phi) is 5.93. The Morgan fingerprint density at radius 2 is 1.88 bits per heavy atom. The lowest BCUT2D eigenvalue weighted by Gasteiger charge is -2.08. The minimum absolute atomic E-state index is 0.0553. The number of hydrogen-bond acceptors (Lipinski definition) is 7. The third kappa shape index (κ3) is 4.58. The lowest BCUT2D eigenvalue weighted by Crippen LogP contribution is -1.98. The van der Waals surface area contributed by atoms with E-state index in [2.05, 4.69) is 0 Å². The van der Waals surface area contributed by atoms with E-state index in [9.17, 15) is 18.5 Å². The number of nitriles is 1. The molecule has 0 radical (unpaired) electrons. The molecule has 26 heavy (non-hydrogen) atoms. The van der Waals surface area contributed by atoms with Crippen LogP contribution in [0.3, 0.4) is 0 Å². The molecule has 2 rings (SSSR count). The summed E-state index contributed by atoms with van der Waals surface area (Å²) < 4.78 is 34.9. The average molecular weight is 374 g/mol. The van der Waals surface area contributed by atoms with Gasteiger partial charge in [-0.1, -0.05) is 6.07 Å². The van der Waals surface area contributed by atoms with Gasteiger partial charge in [0.1, 0.15) is 6.07 Å². The Labute approximate surface area is 150 Å². The van der Waals surface area contributed by atoms with Gasteiger partial charge in [-0.05, 0) is 35.9 Å². The van der Waals surface area contributed by atoms with Gasteiger partial charge < -0.3 is 9.47 Å². The highest BCUT2D eigenvalue weighted by atomic mass is 32.2. The Hall–Kier alpha value is -3.38. The van der Waals surface area contributed by atoms with Crippen LogP contribution >= 0.6 is 0 Å². The summed E-state index contributed by atoms with van der Waals surface area (Å²) >= 11 is 0. The summed E-state index contributed by atoms with van der Waals surface area (Å²) in [6, 6.07) is 11.2. The molecule has 0 aliphatic rings. The van der Waals surface area contributed by atoms with Gasteiger partial charge in [0.25, 0.3) is 5.69 Å². The van der Waals surface area contributed by atoms with E-state index in [1.54, 1.807) is 18.2 Å². The van der Waals surface area contributed by atoms with Crippen molar-refractivity contribution in [2.24, 2.45) is 0 Å². The highest BCUT2D eigenvalue weighted by Crippen LogP contribution is 2.29. The first-order valence-electron chi connectivity index (χ1n) is 7.23. The third-order valence-electron chi connectivity index (χ3n) is 3.30. The first-order chi connectivity index (χ1) is 12.4. The van der Waals surface area contributed by atoms with Crippen LogP contribution in [0.2, 0.25) is 0 Å². The van der Waals surface area contributed by atoms with Gasteiger partial charge in [-0.3, -0.25) is 10.1 Å². The van der Waals surface area contributed by atoms with Crippen molar-refractivity contribution < 1.29 is 22.8 Å². The lowest BCUT2D eigenvalue weighted by atomic mass is 10.2. The number of ether oxygens (including phenoxy) is 2. The molecule has 2 aromatic rings. The quantitative estimate of drug-likeness (QED) is 0.540. The van der Waals surface area contributed by atoms with Crippen molar-refractivity contribution in [1.82, 2.24) is 0 Å². The van der Waals surface area contributed by atoms with Crippen LogP contribution in [0.15, 0.2) is 52.8 Å². The van der Waals surface area contributed by atoms with E-state index in [1.807, 2.05) is 6.07 Å². The normalized spacial score (nSPS) is 11.1. The summed E-state index contributed by atoms with van der Waals surface area (Å²) in [5.41, 5.74) is 0.349. The monoisotopic (exact) mass is 374 g/mol. The van der Waals surface area contributed by atoms with Crippen molar-refractivity contribution in [2.75, 3.05) is 13.7 Å². The van der Waals surface area contributed by atoms with Crippen LogP contribution in [-0.4, -0.2) is 27.1 Å². The maximum Gasteiger partial charge on any atom is 0.269 e. The van der Waals surface area contributed by atoms with Crippen molar-refractivity contribution in [3.8, 4) is 17.6 Å². The third-order valence-corrected chi connectivity index (χ3v) is 4.72. The fraction of sp³-hybridized carbons (Fsp3) is 0.118. The highest BCUT2D eigenvalue weighted by molar-refractivity contribution is 7.94. The van der Waals surface area contributed by atoms with Gasteiger partial charge in [0.15, 0.2) is 27.9 Å². The zero-order valence-corrected chi connectivity index (χ0v) is 14.5. The van der Waals surface area contributed by atoms with Crippen molar-refractivity contribution in [2.45, 2.75) is 4.90 Å². The second-order valence-corrected chi connectivity index (χ2v) is 6.79. The first-order valence-corrected chi connectivity index (χ1v) is 8.77. The number of non-ortho nitro benzene ring substituents is 1. The molecule has 2 aromatic carbocycles. The molecule has 0 saturated carbocycles. The standard InChI is InChI=1S/C17H14N2O6S/c1-24-17-12-13(2-7-16(17)25-10-9-18)8-11-26(22,23)15-5-3-14(4-6-15)19(20)21/h2-8,11-12H,10H2,1H3/b11-8+. The molecular formula is C17H14N2O6S. The molecule has 0 heterocycles. The number of nitro benzene ring substituents is 1. The number of rotatable bonds is 7. The van der Waals surface area contributed by atoms with Crippen LogP contribution in [0.1, 0.15) is 5.56 Å². The summed E-state index contributed by atoms with van der Waals surface area (Å²) in [7, 11) is -2.34. The van der Waals surface area contributed by atoms with Crippen molar-refractivity contribution in [1.29, 1.82) is 5.26 Å². The van der Waals surface area contributed by atoms with Crippen molar-refractivity contribution in [3.63, 3.8) is 0 Å². The predicted octanol–water partition coefficient (Wildman–Crippen LogP) is 2.95. The predicted molar refractivity (Wildman–Crippen MR) is 93.4 cm³/mol. The van der Waals surface area contributed by atoms with Crippen molar-refractivity contribution >= 4 is 21.6 Å². The Morgan fingerprint density at radius 3 is 2.46 bits per heavy atom. The molecular weight excluding hydrogens is 360 g/mol. The molecule has 0 unspecified atom stereocenters. The molecule has 0 aromatic heterocycles. The second-order valence-electron chi connectivity index (χ2n) is 4.96. The summed E-state index contributed by atoms with van der Waals surface area (Å²) in [6.45, 7) is -0.139. The van der Waals surface area contributed by atoms with E-state index in [4.69, 9.17) is 14.7 Å². The van der Waals surface area contributed by atoms with Crippen LogP contribution in [-0.2, 0) is 9.84 Å². The average Bonchev–Trinajstić information content (AvgIpc) is 2.65. The molecule has 0 atom stereocenters. The van der Waals surface area contributed by atoms with Gasteiger partial charge in [0.05, 0.1) is 16.9 Å². The fourth-order valence-electron chi connectivity index (χ4n) is 2.02. The minimum Gasteiger partial charge on any atom is -0.493 e. The van der Waals surface area contributed by atoms with Gasteiger partial charge in [-0.25, -0.2) is 8.42 Å². The molecule has 0 saturated heterocycles. The molecule has 8 nitrogen and oxygen atoms in total. The van der Waals surface area contributed by atoms with Crippen LogP contribution < -0.4 is 9.47 Å². The number of nitro groups is 1. The van der Waals surface area contributed by atoms with Crippen molar-refractivity contribution in [3.05, 3.63) is 63.6 Å². The number of hydrogen-bond donors (Lipinski definition) is 0. The first kappa shape index (κ1) is 19.0. The molecule has 0 bridgehead atoms. The Morgan fingerprint density at radius 1 is 1.19 bits per heavy atom. The van der Waals surface area contributed by atoms with Crippen LogP contribution in [0.4, 0.5) is 5.69 Å². The maximum atomic E-state index is 12.3. The van der Waals surface area contributed by atoms with Gasteiger partial charge in [-0.15, -0.1) is 0 Å². The number of nitrogens with zero attached hydrogens (tertiary/aromatic N) is 2. The van der Waals surface area contributed by atoms with E-state index in [1.165, 1.54) is 25.3 Å². The van der Waals surface area contributed by atoms with Crippen LogP contribution in [0.25, 0.3) is 6.08 Å². The van der Waals surface area contributed by atoms with Crippen LogP contribution in [0, 0.1) is 21.4 Å². The lowest BCUT2D eigenvalue weighted by molar-refractivity contribution is -0.384. The van der Waals surface area contributed by atoms with E-state index >= 15 is 0 Å². The van der Waals surface area contributed by atoms with Gasteiger partial charge >= 0.3 is 0 Å². The summed E-state index contributed by atoms with van der Waals surface area (Å²) in [6.07, 6.45) is 1.37. The maximum absolute atomic E-state index is 12.3. The van der Waals surface area contributed by atoms with Gasteiger partial charge in [0.2, 0.25) is 0 Å². The van der Waals surface area contributed by atoms with E-state index in [-0.39, 0.29) is 17.2 Å². The SMILES string of the molecule is COc1cc(/C=C/S(=O)(=O)c2ccc([N+](=O)[O-])cc2)ccc1OCC#N. The highest BCUT2D eigenvalue weighted by Gasteiger charge is 2.13. The number of sulfone groups is 1. The van der Waals surface area contributed by atoms with Gasteiger partial charge in [0, 0.05) is 17.5 Å². The Bertz CT molecular complexity index is 975. The van der Waals surface area contributed by atoms with Gasteiger partial charge in [-0.2, -0.15) is 5.26 Å². The Balaban J connectivity index is 2.24. The number of methoxy groups -OCH3 is 1. The van der Waals surface area contributed by atoms with Crippen LogP contribution in [0.5, 0.6) is 11.5 Å². The summed E-state index contributed by atoms with van der Waals surface area (Å²) in [5.74, 6) is 0.722. The molecule has 0 amide bonds. The molecule has 0 aliphatic carbocycles. The molecule has 134 valence electrons. The molecule has 0 fully saturated rings. The number of benzene rings is 2. The zero-order valence-electron chi connectivity index (χ0n) is 13.7. The van der Waals surface area contributed by atoms with E-state index in [0.29, 0.717) is 17.1 Å².